The van der Waals surface area contributed by atoms with Gasteiger partial charge in [0.15, 0.2) is 0 Å². The highest BCUT2D eigenvalue weighted by Gasteiger charge is 2.16. The summed E-state index contributed by atoms with van der Waals surface area (Å²) in [6.07, 6.45) is -1.89. The van der Waals surface area contributed by atoms with Crippen molar-refractivity contribution < 1.29 is 10.2 Å². The molecular weight excluding hydrogens is 285 g/mol. The van der Waals surface area contributed by atoms with Gasteiger partial charge in [-0.3, -0.25) is 0 Å². The van der Waals surface area contributed by atoms with Gasteiger partial charge in [-0.15, -0.1) is 0 Å². The predicted molar refractivity (Wildman–Crippen MR) is 55.8 cm³/mol. The van der Waals surface area contributed by atoms with E-state index >= 15 is 0 Å². The van der Waals surface area contributed by atoms with E-state index in [1.807, 2.05) is 22.6 Å². The number of aromatic nitrogens is 2. The van der Waals surface area contributed by atoms with Gasteiger partial charge >= 0.3 is 0 Å². The van der Waals surface area contributed by atoms with Gasteiger partial charge in [-0.1, -0.05) is 0 Å². The first-order chi connectivity index (χ1) is 6.00. The van der Waals surface area contributed by atoms with Crippen LogP contribution in [0.15, 0.2) is 6.07 Å². The molecule has 0 amide bonds. The normalized spacial score (nSPS) is 15.4. The molecule has 0 aromatic carbocycles. The first-order valence-corrected chi connectivity index (χ1v) is 4.74. The summed E-state index contributed by atoms with van der Waals surface area (Å²) in [4.78, 5) is 7.64. The van der Waals surface area contributed by atoms with Gasteiger partial charge in [-0.25, -0.2) is 9.97 Å². The molecule has 0 aliphatic rings. The second-order valence-electron chi connectivity index (χ2n) is 2.66. The Morgan fingerprint density at radius 2 is 2.08 bits per heavy atom. The van der Waals surface area contributed by atoms with Gasteiger partial charge in [0, 0.05) is 0 Å². The molecule has 0 fully saturated rings. The van der Waals surface area contributed by atoms with Crippen LogP contribution in [0.25, 0.3) is 0 Å². The number of aliphatic hydroxyl groups excluding tert-OH is 2. The van der Waals surface area contributed by atoms with Crippen molar-refractivity contribution in [2.24, 2.45) is 0 Å². The van der Waals surface area contributed by atoms with Crippen LogP contribution >= 0.6 is 22.6 Å². The number of nitrogens with zero attached hydrogens (tertiary/aromatic N) is 2. The average Bonchev–Trinajstić information content (AvgIpc) is 2.01. The summed E-state index contributed by atoms with van der Waals surface area (Å²) in [7, 11) is 0. The SMILES string of the molecule is CC(O)C(O)c1cc(I)nc(N)n1. The lowest BCUT2D eigenvalue weighted by Crippen LogP contribution is -2.16. The number of aliphatic hydroxyl groups is 2. The van der Waals surface area contributed by atoms with Crippen molar-refractivity contribution in [3.63, 3.8) is 0 Å². The minimum atomic E-state index is -1.01. The average molecular weight is 295 g/mol. The second kappa shape index (κ2) is 4.16. The Hall–Kier alpha value is -0.470. The van der Waals surface area contributed by atoms with Crippen molar-refractivity contribution in [3.8, 4) is 0 Å². The van der Waals surface area contributed by atoms with Crippen molar-refractivity contribution in [2.45, 2.75) is 19.1 Å². The Morgan fingerprint density at radius 3 is 2.54 bits per heavy atom. The molecule has 0 spiro atoms. The fraction of sp³-hybridized carbons (Fsp3) is 0.429. The summed E-state index contributed by atoms with van der Waals surface area (Å²) >= 11 is 1.96. The smallest absolute Gasteiger partial charge is 0.221 e. The molecule has 6 heteroatoms. The summed E-state index contributed by atoms with van der Waals surface area (Å²) in [5, 5.41) is 18.5. The Labute approximate surface area is 89.2 Å². The molecule has 5 nitrogen and oxygen atoms in total. The number of hydrogen-bond donors (Lipinski definition) is 3. The van der Waals surface area contributed by atoms with Gasteiger partial charge in [-0.05, 0) is 35.6 Å². The maximum absolute atomic E-state index is 9.45. The van der Waals surface area contributed by atoms with Gasteiger partial charge < -0.3 is 15.9 Å². The molecule has 0 radical (unpaired) electrons. The van der Waals surface area contributed by atoms with E-state index in [2.05, 4.69) is 9.97 Å². The quantitative estimate of drug-likeness (QED) is 0.531. The number of rotatable bonds is 2. The Morgan fingerprint density at radius 1 is 1.46 bits per heavy atom. The van der Waals surface area contributed by atoms with E-state index in [1.54, 1.807) is 6.07 Å². The molecule has 72 valence electrons. The highest BCUT2D eigenvalue weighted by Crippen LogP contribution is 2.16. The number of nitrogen functional groups attached to an aromatic ring is 1. The number of anilines is 1. The lowest BCUT2D eigenvalue weighted by Gasteiger charge is -2.12. The van der Waals surface area contributed by atoms with E-state index in [0.29, 0.717) is 9.39 Å². The van der Waals surface area contributed by atoms with E-state index in [-0.39, 0.29) is 5.95 Å². The van der Waals surface area contributed by atoms with Gasteiger partial charge in [0.2, 0.25) is 5.95 Å². The first-order valence-electron chi connectivity index (χ1n) is 3.67. The van der Waals surface area contributed by atoms with E-state index in [1.165, 1.54) is 6.92 Å². The Balaban J connectivity index is 3.01. The van der Waals surface area contributed by atoms with Crippen molar-refractivity contribution in [3.05, 3.63) is 15.5 Å². The Bertz CT molecular complexity index is 286. The molecular formula is C7H10IN3O2. The summed E-state index contributed by atoms with van der Waals surface area (Å²) in [5.41, 5.74) is 5.72. The molecule has 0 saturated carbocycles. The van der Waals surface area contributed by atoms with Crippen LogP contribution in [-0.2, 0) is 0 Å². The highest BCUT2D eigenvalue weighted by atomic mass is 127. The molecule has 0 saturated heterocycles. The molecule has 1 aromatic rings. The van der Waals surface area contributed by atoms with E-state index in [0.717, 1.165) is 0 Å². The number of nitrogens with two attached hydrogens (primary N) is 1. The van der Waals surface area contributed by atoms with Crippen molar-refractivity contribution in [1.29, 1.82) is 0 Å². The van der Waals surface area contributed by atoms with E-state index in [9.17, 15) is 5.11 Å². The third kappa shape index (κ3) is 2.75. The Kier molecular flexibility index (Phi) is 3.40. The summed E-state index contributed by atoms with van der Waals surface area (Å²) < 4.78 is 0.639. The molecule has 0 aliphatic heterocycles. The minimum absolute atomic E-state index is 0.0987. The monoisotopic (exact) mass is 295 g/mol. The highest BCUT2D eigenvalue weighted by molar-refractivity contribution is 14.1. The maximum atomic E-state index is 9.45. The van der Waals surface area contributed by atoms with Crippen LogP contribution in [-0.4, -0.2) is 26.3 Å². The standard InChI is InChI=1S/C7H10IN3O2/c1-3(12)6(13)4-2-5(8)11-7(9)10-4/h2-3,6,12-13H,1H3,(H2,9,10,11). The van der Waals surface area contributed by atoms with E-state index < -0.39 is 12.2 Å². The zero-order valence-electron chi connectivity index (χ0n) is 6.98. The van der Waals surface area contributed by atoms with Gasteiger partial charge in [0.25, 0.3) is 0 Å². The number of hydrogen-bond acceptors (Lipinski definition) is 5. The minimum Gasteiger partial charge on any atom is -0.390 e. The van der Waals surface area contributed by atoms with Gasteiger partial charge in [-0.2, -0.15) is 0 Å². The van der Waals surface area contributed by atoms with E-state index in [4.69, 9.17) is 10.8 Å². The molecule has 1 heterocycles. The van der Waals surface area contributed by atoms with Crippen molar-refractivity contribution >= 4 is 28.5 Å². The van der Waals surface area contributed by atoms with Crippen LogP contribution < -0.4 is 5.73 Å². The van der Waals surface area contributed by atoms with Crippen molar-refractivity contribution in [1.82, 2.24) is 9.97 Å². The lowest BCUT2D eigenvalue weighted by molar-refractivity contribution is 0.0278. The van der Waals surface area contributed by atoms with Crippen LogP contribution in [0.1, 0.15) is 18.7 Å². The molecule has 4 N–H and O–H groups in total. The summed E-state index contributed by atoms with van der Waals surface area (Å²) in [5.74, 6) is 0.0987. The maximum Gasteiger partial charge on any atom is 0.221 e. The fourth-order valence-corrected chi connectivity index (χ4v) is 1.42. The largest absolute Gasteiger partial charge is 0.390 e. The van der Waals surface area contributed by atoms with Crippen LogP contribution in [0.3, 0.4) is 0 Å². The lowest BCUT2D eigenvalue weighted by atomic mass is 10.1. The van der Waals surface area contributed by atoms with Crippen LogP contribution in [0.4, 0.5) is 5.95 Å². The van der Waals surface area contributed by atoms with Gasteiger partial charge in [0.1, 0.15) is 9.80 Å². The molecule has 2 unspecified atom stereocenters. The van der Waals surface area contributed by atoms with Crippen molar-refractivity contribution in [2.75, 3.05) is 5.73 Å². The van der Waals surface area contributed by atoms with Crippen LogP contribution in [0, 0.1) is 3.70 Å². The molecule has 13 heavy (non-hydrogen) atoms. The predicted octanol–water partition coefficient (Wildman–Crippen LogP) is 0.0776. The van der Waals surface area contributed by atoms with Gasteiger partial charge in [0.05, 0.1) is 11.8 Å². The fourth-order valence-electron chi connectivity index (χ4n) is 0.852. The second-order valence-corrected chi connectivity index (χ2v) is 3.76. The molecule has 0 aliphatic carbocycles. The first kappa shape index (κ1) is 10.6. The molecule has 1 aromatic heterocycles. The zero-order valence-corrected chi connectivity index (χ0v) is 9.13. The third-order valence-electron chi connectivity index (χ3n) is 1.49. The zero-order chi connectivity index (χ0) is 10.0. The molecule has 0 bridgehead atoms. The third-order valence-corrected chi connectivity index (χ3v) is 2.04. The summed E-state index contributed by atoms with van der Waals surface area (Å²) in [6.45, 7) is 1.48. The molecule has 1 rings (SSSR count). The molecule has 2 atom stereocenters. The topological polar surface area (TPSA) is 92.3 Å². The number of halogens is 1. The van der Waals surface area contributed by atoms with Crippen LogP contribution in [0.5, 0.6) is 0 Å². The summed E-state index contributed by atoms with van der Waals surface area (Å²) in [6, 6.07) is 1.58. The van der Waals surface area contributed by atoms with Crippen LogP contribution in [0.2, 0.25) is 0 Å².